The lowest BCUT2D eigenvalue weighted by Crippen LogP contribution is -2.31. The lowest BCUT2D eigenvalue weighted by Gasteiger charge is -2.14. The van der Waals surface area contributed by atoms with Crippen LogP contribution in [-0.4, -0.2) is 24.6 Å². The molecule has 0 saturated carbocycles. The van der Waals surface area contributed by atoms with Gasteiger partial charge in [-0.2, -0.15) is 5.26 Å². The zero-order valence-corrected chi connectivity index (χ0v) is 14.9. The summed E-state index contributed by atoms with van der Waals surface area (Å²) in [5.74, 6) is -0.521. The fraction of sp³-hybridized carbons (Fsp3) is 0.250. The predicted molar refractivity (Wildman–Crippen MR) is 96.8 cm³/mol. The number of benzene rings is 2. The Balaban J connectivity index is 1.86. The number of rotatable bonds is 6. The Morgan fingerprint density at radius 1 is 1.19 bits per heavy atom. The highest BCUT2D eigenvalue weighted by Crippen LogP contribution is 2.19. The molecule has 0 aromatic heterocycles. The van der Waals surface area contributed by atoms with Crippen molar-refractivity contribution in [2.24, 2.45) is 0 Å². The zero-order valence-electron chi connectivity index (χ0n) is 14.9. The van der Waals surface area contributed by atoms with Crippen LogP contribution < -0.4 is 10.1 Å². The Bertz CT molecular complexity index is 855. The van der Waals surface area contributed by atoms with E-state index in [4.69, 9.17) is 14.7 Å². The topological polar surface area (TPSA) is 88.4 Å². The van der Waals surface area contributed by atoms with E-state index in [0.29, 0.717) is 17.0 Å². The van der Waals surface area contributed by atoms with Gasteiger partial charge in [-0.1, -0.05) is 18.2 Å². The first-order valence-corrected chi connectivity index (χ1v) is 8.09. The van der Waals surface area contributed by atoms with E-state index in [1.807, 2.05) is 38.1 Å². The third-order valence-electron chi connectivity index (χ3n) is 3.63. The molecule has 0 radical (unpaired) electrons. The van der Waals surface area contributed by atoms with Gasteiger partial charge in [0.15, 0.2) is 12.7 Å². The summed E-state index contributed by atoms with van der Waals surface area (Å²) in [6.07, 6.45) is -0.990. The highest BCUT2D eigenvalue weighted by molar-refractivity contribution is 5.95. The summed E-state index contributed by atoms with van der Waals surface area (Å²) in [5.41, 5.74) is 2.82. The van der Waals surface area contributed by atoms with Gasteiger partial charge in [-0.15, -0.1) is 0 Å². The number of nitriles is 1. The molecule has 1 amide bonds. The van der Waals surface area contributed by atoms with Crippen molar-refractivity contribution in [3.8, 4) is 11.8 Å². The number of nitrogens with one attached hydrogen (secondary N) is 1. The number of aryl methyl sites for hydroxylation is 2. The van der Waals surface area contributed by atoms with Crippen LogP contribution in [0.5, 0.6) is 5.75 Å². The molecule has 2 aromatic rings. The minimum atomic E-state index is -0.990. The Kier molecular flexibility index (Phi) is 6.34. The second-order valence-electron chi connectivity index (χ2n) is 5.87. The van der Waals surface area contributed by atoms with Crippen molar-refractivity contribution in [1.82, 2.24) is 0 Å². The molecule has 134 valence electrons. The smallest absolute Gasteiger partial charge is 0.344 e. The standard InChI is InChI=1S/C20H20N2O4/c1-13-7-8-14(2)18(9-13)25-12-19(23)26-15(3)20(24)22-17-6-4-5-16(10-17)11-21/h4-10,15H,12H2,1-3H3,(H,22,24)/t15-/m0/s1. The van der Waals surface area contributed by atoms with Crippen molar-refractivity contribution in [2.75, 3.05) is 11.9 Å². The third-order valence-corrected chi connectivity index (χ3v) is 3.63. The van der Waals surface area contributed by atoms with Crippen molar-refractivity contribution in [1.29, 1.82) is 5.26 Å². The molecule has 0 saturated heterocycles. The second kappa shape index (κ2) is 8.67. The predicted octanol–water partition coefficient (Wildman–Crippen LogP) is 3.12. The number of ether oxygens (including phenoxy) is 2. The van der Waals surface area contributed by atoms with Crippen LogP contribution >= 0.6 is 0 Å². The van der Waals surface area contributed by atoms with E-state index in [2.05, 4.69) is 5.32 Å². The quantitative estimate of drug-likeness (QED) is 0.807. The number of hydrogen-bond donors (Lipinski definition) is 1. The lowest BCUT2D eigenvalue weighted by atomic mass is 10.1. The van der Waals surface area contributed by atoms with Crippen LogP contribution in [0, 0.1) is 25.2 Å². The molecule has 0 aliphatic heterocycles. The van der Waals surface area contributed by atoms with E-state index >= 15 is 0 Å². The van der Waals surface area contributed by atoms with Crippen LogP contribution in [0.1, 0.15) is 23.6 Å². The van der Waals surface area contributed by atoms with Gasteiger partial charge in [-0.25, -0.2) is 4.79 Å². The monoisotopic (exact) mass is 352 g/mol. The largest absolute Gasteiger partial charge is 0.482 e. The van der Waals surface area contributed by atoms with E-state index < -0.39 is 18.0 Å². The van der Waals surface area contributed by atoms with E-state index in [1.165, 1.54) is 13.0 Å². The maximum atomic E-state index is 12.1. The first-order valence-electron chi connectivity index (χ1n) is 8.09. The molecule has 0 unspecified atom stereocenters. The van der Waals surface area contributed by atoms with Crippen LogP contribution in [0.15, 0.2) is 42.5 Å². The maximum Gasteiger partial charge on any atom is 0.344 e. The van der Waals surface area contributed by atoms with Crippen LogP contribution in [0.3, 0.4) is 0 Å². The maximum absolute atomic E-state index is 12.1. The van der Waals surface area contributed by atoms with Crippen LogP contribution in [0.25, 0.3) is 0 Å². The molecule has 0 spiro atoms. The number of nitrogens with zero attached hydrogens (tertiary/aromatic N) is 1. The normalized spacial score (nSPS) is 11.2. The molecule has 0 bridgehead atoms. The molecule has 0 fully saturated rings. The Morgan fingerprint density at radius 3 is 2.69 bits per heavy atom. The van der Waals surface area contributed by atoms with Gasteiger partial charge in [0.2, 0.25) is 0 Å². The molecule has 6 heteroatoms. The lowest BCUT2D eigenvalue weighted by molar-refractivity contribution is -0.155. The first kappa shape index (κ1) is 19.0. The molecule has 0 heterocycles. The Hall–Kier alpha value is -3.33. The van der Waals surface area contributed by atoms with Gasteiger partial charge in [0.25, 0.3) is 5.91 Å². The fourth-order valence-corrected chi connectivity index (χ4v) is 2.19. The van der Waals surface area contributed by atoms with E-state index in [1.54, 1.807) is 18.2 Å². The van der Waals surface area contributed by atoms with E-state index in [0.717, 1.165) is 11.1 Å². The fourth-order valence-electron chi connectivity index (χ4n) is 2.19. The second-order valence-corrected chi connectivity index (χ2v) is 5.87. The van der Waals surface area contributed by atoms with Gasteiger partial charge in [0.1, 0.15) is 5.75 Å². The van der Waals surface area contributed by atoms with Crippen molar-refractivity contribution in [3.05, 3.63) is 59.2 Å². The molecule has 2 aromatic carbocycles. The average molecular weight is 352 g/mol. The molecule has 0 aliphatic carbocycles. The highest BCUT2D eigenvalue weighted by atomic mass is 16.6. The molecule has 2 rings (SSSR count). The summed E-state index contributed by atoms with van der Waals surface area (Å²) in [4.78, 5) is 24.0. The van der Waals surface area contributed by atoms with Crippen LogP contribution in [0.2, 0.25) is 0 Å². The number of amides is 1. The van der Waals surface area contributed by atoms with Gasteiger partial charge < -0.3 is 14.8 Å². The average Bonchev–Trinajstić information content (AvgIpc) is 2.62. The van der Waals surface area contributed by atoms with Crippen LogP contribution in [-0.2, 0) is 14.3 Å². The number of esters is 1. The van der Waals surface area contributed by atoms with Crippen molar-refractivity contribution < 1.29 is 19.1 Å². The summed E-state index contributed by atoms with van der Waals surface area (Å²) in [5, 5.41) is 11.5. The summed E-state index contributed by atoms with van der Waals surface area (Å²) >= 11 is 0. The van der Waals surface area contributed by atoms with E-state index in [9.17, 15) is 9.59 Å². The van der Waals surface area contributed by atoms with Crippen LogP contribution in [0.4, 0.5) is 5.69 Å². The molecule has 0 aliphatic rings. The molecule has 6 nitrogen and oxygen atoms in total. The summed E-state index contributed by atoms with van der Waals surface area (Å²) in [7, 11) is 0. The minimum absolute atomic E-state index is 0.286. The molecule has 1 N–H and O–H groups in total. The SMILES string of the molecule is Cc1ccc(C)c(OCC(=O)O[C@@H](C)C(=O)Nc2cccc(C#N)c2)c1. The molecule has 1 atom stereocenters. The van der Waals surface area contributed by atoms with E-state index in [-0.39, 0.29) is 6.61 Å². The van der Waals surface area contributed by atoms with Gasteiger partial charge in [0, 0.05) is 5.69 Å². The Labute approximate surface area is 152 Å². The van der Waals surface area contributed by atoms with Gasteiger partial charge in [0.05, 0.1) is 11.6 Å². The molecular formula is C20H20N2O4. The Morgan fingerprint density at radius 2 is 1.96 bits per heavy atom. The van der Waals surface area contributed by atoms with Gasteiger partial charge >= 0.3 is 5.97 Å². The zero-order chi connectivity index (χ0) is 19.1. The number of carbonyl (C=O) groups is 2. The van der Waals surface area contributed by atoms with Gasteiger partial charge in [-0.3, -0.25) is 4.79 Å². The highest BCUT2D eigenvalue weighted by Gasteiger charge is 2.18. The summed E-state index contributed by atoms with van der Waals surface area (Å²) in [6, 6.07) is 14.2. The summed E-state index contributed by atoms with van der Waals surface area (Å²) in [6.45, 7) is 5.00. The number of hydrogen-bond acceptors (Lipinski definition) is 5. The summed E-state index contributed by atoms with van der Waals surface area (Å²) < 4.78 is 10.6. The molecule has 26 heavy (non-hydrogen) atoms. The number of carbonyl (C=O) groups excluding carboxylic acids is 2. The molecular weight excluding hydrogens is 332 g/mol. The minimum Gasteiger partial charge on any atom is -0.482 e. The third kappa shape index (κ3) is 5.35. The first-order chi connectivity index (χ1) is 12.4. The van der Waals surface area contributed by atoms with Crippen molar-refractivity contribution >= 4 is 17.6 Å². The van der Waals surface area contributed by atoms with Gasteiger partial charge in [-0.05, 0) is 56.2 Å². The number of anilines is 1. The van der Waals surface area contributed by atoms with Crippen molar-refractivity contribution in [2.45, 2.75) is 26.9 Å². The van der Waals surface area contributed by atoms with Crippen molar-refractivity contribution in [3.63, 3.8) is 0 Å².